The molecule has 2 rings (SSSR count). The van der Waals surface area contributed by atoms with E-state index in [2.05, 4.69) is 10.9 Å². The molecule has 1 unspecified atom stereocenters. The van der Waals surface area contributed by atoms with E-state index < -0.39 is 0 Å². The van der Waals surface area contributed by atoms with Gasteiger partial charge in [-0.25, -0.2) is 0 Å². The zero-order chi connectivity index (χ0) is 10.8. The van der Waals surface area contributed by atoms with Gasteiger partial charge in [-0.05, 0) is 19.1 Å². The summed E-state index contributed by atoms with van der Waals surface area (Å²) in [4.78, 5) is 4.33. The second kappa shape index (κ2) is 3.92. The first-order valence-corrected chi connectivity index (χ1v) is 5.11. The Kier molecular flexibility index (Phi) is 2.62. The van der Waals surface area contributed by atoms with Crippen molar-refractivity contribution in [1.82, 2.24) is 4.98 Å². The third-order valence-electron chi connectivity index (χ3n) is 2.44. The van der Waals surface area contributed by atoms with Crippen LogP contribution in [0.25, 0.3) is 10.9 Å². The molecule has 1 heterocycles. The molecule has 1 aromatic carbocycles. The quantitative estimate of drug-likeness (QED) is 0.662. The van der Waals surface area contributed by atoms with Crippen LogP contribution in [0.15, 0.2) is 30.5 Å². The summed E-state index contributed by atoms with van der Waals surface area (Å²) >= 11 is 6.14. The van der Waals surface area contributed by atoms with Crippen LogP contribution in [0.1, 0.15) is 18.4 Å². The number of hydrogen-bond donors (Lipinski definition) is 0. The SMILES string of the molecule is C#CC(C)c1c(Cl)ccc2cccnc12. The summed E-state index contributed by atoms with van der Waals surface area (Å²) < 4.78 is 0. The molecule has 0 bridgehead atoms. The van der Waals surface area contributed by atoms with Crippen molar-refractivity contribution in [2.45, 2.75) is 12.8 Å². The van der Waals surface area contributed by atoms with Crippen molar-refractivity contribution in [2.24, 2.45) is 0 Å². The van der Waals surface area contributed by atoms with Crippen molar-refractivity contribution in [2.75, 3.05) is 0 Å². The van der Waals surface area contributed by atoms with Crippen LogP contribution < -0.4 is 0 Å². The summed E-state index contributed by atoms with van der Waals surface area (Å²) in [6.45, 7) is 1.95. The van der Waals surface area contributed by atoms with Crippen molar-refractivity contribution in [3.63, 3.8) is 0 Å². The summed E-state index contributed by atoms with van der Waals surface area (Å²) in [6, 6.07) is 7.73. The molecule has 0 fully saturated rings. The van der Waals surface area contributed by atoms with Gasteiger partial charge in [0.05, 0.1) is 5.52 Å². The monoisotopic (exact) mass is 215 g/mol. The van der Waals surface area contributed by atoms with E-state index in [-0.39, 0.29) is 5.92 Å². The fourth-order valence-electron chi connectivity index (χ4n) is 1.64. The number of halogens is 1. The van der Waals surface area contributed by atoms with Gasteiger partial charge >= 0.3 is 0 Å². The number of terminal acetylenes is 1. The van der Waals surface area contributed by atoms with Crippen LogP contribution in [0.5, 0.6) is 0 Å². The first-order chi connectivity index (χ1) is 7.24. The number of pyridine rings is 1. The molecule has 2 aromatic rings. The van der Waals surface area contributed by atoms with Crippen LogP contribution in [0.3, 0.4) is 0 Å². The number of aromatic nitrogens is 1. The van der Waals surface area contributed by atoms with Crippen molar-refractivity contribution in [3.05, 3.63) is 41.0 Å². The normalized spacial score (nSPS) is 12.3. The Morgan fingerprint density at radius 2 is 2.20 bits per heavy atom. The third kappa shape index (κ3) is 1.69. The molecule has 1 atom stereocenters. The molecule has 1 nitrogen and oxygen atoms in total. The fourth-order valence-corrected chi connectivity index (χ4v) is 1.95. The maximum absolute atomic E-state index is 6.14. The summed E-state index contributed by atoms with van der Waals surface area (Å²) in [5.41, 5.74) is 1.84. The van der Waals surface area contributed by atoms with E-state index in [4.69, 9.17) is 18.0 Å². The summed E-state index contributed by atoms with van der Waals surface area (Å²) in [7, 11) is 0. The minimum atomic E-state index is -0.0175. The van der Waals surface area contributed by atoms with Gasteiger partial charge < -0.3 is 0 Å². The van der Waals surface area contributed by atoms with Crippen molar-refractivity contribution in [1.29, 1.82) is 0 Å². The van der Waals surface area contributed by atoms with E-state index >= 15 is 0 Å². The van der Waals surface area contributed by atoms with Crippen LogP contribution >= 0.6 is 11.6 Å². The van der Waals surface area contributed by atoms with Gasteiger partial charge in [-0.1, -0.05) is 29.7 Å². The van der Waals surface area contributed by atoms with Crippen LogP contribution in [-0.2, 0) is 0 Å². The Morgan fingerprint density at radius 3 is 2.93 bits per heavy atom. The van der Waals surface area contributed by atoms with Crippen molar-refractivity contribution < 1.29 is 0 Å². The highest BCUT2D eigenvalue weighted by Gasteiger charge is 2.11. The first-order valence-electron chi connectivity index (χ1n) is 4.73. The molecule has 15 heavy (non-hydrogen) atoms. The molecule has 0 saturated carbocycles. The number of benzene rings is 1. The van der Waals surface area contributed by atoms with Gasteiger partial charge in [-0.2, -0.15) is 0 Å². The lowest BCUT2D eigenvalue weighted by molar-refractivity contribution is 1.01. The number of nitrogens with zero attached hydrogens (tertiary/aromatic N) is 1. The molecular weight excluding hydrogens is 206 g/mol. The molecule has 0 N–H and O–H groups in total. The second-order valence-electron chi connectivity index (χ2n) is 3.42. The van der Waals surface area contributed by atoms with Gasteiger partial charge in [0.2, 0.25) is 0 Å². The molecule has 2 heteroatoms. The lowest BCUT2D eigenvalue weighted by Gasteiger charge is -2.10. The lowest BCUT2D eigenvalue weighted by atomic mass is 9.99. The van der Waals surface area contributed by atoms with Gasteiger partial charge in [-0.15, -0.1) is 6.42 Å². The predicted octanol–water partition coefficient (Wildman–Crippen LogP) is 3.62. The van der Waals surface area contributed by atoms with Gasteiger partial charge in [0.15, 0.2) is 0 Å². The molecular formula is C13H10ClN. The molecule has 0 aliphatic heterocycles. The molecule has 1 aromatic heterocycles. The molecule has 0 saturated heterocycles. The molecule has 0 amide bonds. The van der Waals surface area contributed by atoms with Gasteiger partial charge in [0.25, 0.3) is 0 Å². The smallest absolute Gasteiger partial charge is 0.0761 e. The standard InChI is InChI=1S/C13H10ClN/c1-3-9(2)12-11(14)7-6-10-5-4-8-15-13(10)12/h1,4-9H,2H3. The van der Waals surface area contributed by atoms with E-state index in [1.165, 1.54) is 0 Å². The largest absolute Gasteiger partial charge is 0.256 e. The zero-order valence-electron chi connectivity index (χ0n) is 8.37. The number of fused-ring (bicyclic) bond motifs is 1. The molecule has 74 valence electrons. The Hall–Kier alpha value is -1.52. The Labute approximate surface area is 94.1 Å². The second-order valence-corrected chi connectivity index (χ2v) is 3.83. The van der Waals surface area contributed by atoms with E-state index in [0.29, 0.717) is 5.02 Å². The lowest BCUT2D eigenvalue weighted by Crippen LogP contribution is -1.94. The summed E-state index contributed by atoms with van der Waals surface area (Å²) in [6.07, 6.45) is 7.18. The highest BCUT2D eigenvalue weighted by molar-refractivity contribution is 6.32. The summed E-state index contributed by atoms with van der Waals surface area (Å²) in [5.74, 6) is 2.67. The molecule has 0 aliphatic rings. The Bertz CT molecular complexity index is 540. The Balaban J connectivity index is 2.81. The average molecular weight is 216 g/mol. The van der Waals surface area contributed by atoms with Gasteiger partial charge in [0, 0.05) is 28.1 Å². The van der Waals surface area contributed by atoms with Crippen molar-refractivity contribution in [3.8, 4) is 12.3 Å². The topological polar surface area (TPSA) is 12.9 Å². The Morgan fingerprint density at radius 1 is 1.40 bits per heavy atom. The maximum atomic E-state index is 6.14. The highest BCUT2D eigenvalue weighted by atomic mass is 35.5. The molecule has 0 radical (unpaired) electrons. The zero-order valence-corrected chi connectivity index (χ0v) is 9.12. The first kappa shape index (κ1) is 10.0. The molecule has 0 spiro atoms. The van der Waals surface area contributed by atoms with E-state index in [1.807, 2.05) is 31.2 Å². The van der Waals surface area contributed by atoms with Crippen LogP contribution in [0.4, 0.5) is 0 Å². The number of hydrogen-bond acceptors (Lipinski definition) is 1. The van der Waals surface area contributed by atoms with E-state index in [0.717, 1.165) is 16.5 Å². The predicted molar refractivity (Wildman–Crippen MR) is 64.0 cm³/mol. The van der Waals surface area contributed by atoms with E-state index in [1.54, 1.807) is 6.20 Å². The number of rotatable bonds is 1. The van der Waals surface area contributed by atoms with Crippen LogP contribution in [0.2, 0.25) is 5.02 Å². The minimum absolute atomic E-state index is 0.0175. The maximum Gasteiger partial charge on any atom is 0.0761 e. The summed E-state index contributed by atoms with van der Waals surface area (Å²) in [5, 5.41) is 1.76. The van der Waals surface area contributed by atoms with Gasteiger partial charge in [0.1, 0.15) is 0 Å². The van der Waals surface area contributed by atoms with Crippen LogP contribution in [-0.4, -0.2) is 4.98 Å². The van der Waals surface area contributed by atoms with E-state index in [9.17, 15) is 0 Å². The minimum Gasteiger partial charge on any atom is -0.256 e. The van der Waals surface area contributed by atoms with Gasteiger partial charge in [-0.3, -0.25) is 4.98 Å². The third-order valence-corrected chi connectivity index (χ3v) is 2.77. The fraction of sp³-hybridized carbons (Fsp3) is 0.154. The van der Waals surface area contributed by atoms with Crippen LogP contribution in [0, 0.1) is 12.3 Å². The molecule has 0 aliphatic carbocycles. The average Bonchev–Trinajstić information content (AvgIpc) is 2.28. The highest BCUT2D eigenvalue weighted by Crippen LogP contribution is 2.30. The van der Waals surface area contributed by atoms with Crippen molar-refractivity contribution >= 4 is 22.5 Å².